The van der Waals surface area contributed by atoms with Gasteiger partial charge in [0.2, 0.25) is 0 Å². The van der Waals surface area contributed by atoms with Gasteiger partial charge < -0.3 is 20.5 Å². The maximum absolute atomic E-state index is 11.7. The van der Waals surface area contributed by atoms with Gasteiger partial charge in [-0.3, -0.25) is 0 Å². The van der Waals surface area contributed by atoms with Gasteiger partial charge in [0, 0.05) is 18.6 Å². The predicted molar refractivity (Wildman–Crippen MR) is 66.3 cm³/mol. The topological polar surface area (TPSA) is 87.7 Å². The van der Waals surface area contributed by atoms with Crippen LogP contribution in [0, 0.1) is 11.8 Å². The third-order valence-electron chi connectivity index (χ3n) is 3.25. The summed E-state index contributed by atoms with van der Waals surface area (Å²) in [5.74, 6) is -0.867. The molecule has 0 aliphatic carbocycles. The molecule has 6 heteroatoms. The number of nitrogens with one attached hydrogen (secondary N) is 2. The number of carboxylic acid groups (broad SMARTS) is 1. The fraction of sp³-hybridized carbons (Fsp3) is 0.833. The molecule has 18 heavy (non-hydrogen) atoms. The van der Waals surface area contributed by atoms with Crippen molar-refractivity contribution in [2.75, 3.05) is 13.2 Å². The van der Waals surface area contributed by atoms with Gasteiger partial charge >= 0.3 is 12.0 Å². The highest BCUT2D eigenvalue weighted by atomic mass is 16.5. The van der Waals surface area contributed by atoms with E-state index in [0.29, 0.717) is 12.5 Å². The smallest absolute Gasteiger partial charge is 0.326 e. The van der Waals surface area contributed by atoms with Crippen LogP contribution >= 0.6 is 0 Å². The van der Waals surface area contributed by atoms with Crippen molar-refractivity contribution in [1.29, 1.82) is 0 Å². The van der Waals surface area contributed by atoms with Crippen LogP contribution in [0.1, 0.15) is 27.2 Å². The van der Waals surface area contributed by atoms with Gasteiger partial charge in [-0.25, -0.2) is 9.59 Å². The molecule has 1 fully saturated rings. The van der Waals surface area contributed by atoms with Gasteiger partial charge in [0.25, 0.3) is 0 Å². The minimum atomic E-state index is -1.02. The minimum absolute atomic E-state index is 0.0193. The molecule has 1 saturated heterocycles. The zero-order valence-corrected chi connectivity index (χ0v) is 11.1. The van der Waals surface area contributed by atoms with E-state index in [1.165, 1.54) is 0 Å². The monoisotopic (exact) mass is 258 g/mol. The number of carbonyl (C=O) groups is 2. The fourth-order valence-corrected chi connectivity index (χ4v) is 1.97. The van der Waals surface area contributed by atoms with Crippen LogP contribution in [0.2, 0.25) is 0 Å². The van der Waals surface area contributed by atoms with Crippen molar-refractivity contribution in [3.63, 3.8) is 0 Å². The van der Waals surface area contributed by atoms with Crippen LogP contribution in [-0.2, 0) is 9.53 Å². The number of carboxylic acids is 1. The Kier molecular flexibility index (Phi) is 5.40. The normalized spacial score (nSPS) is 22.6. The summed E-state index contributed by atoms with van der Waals surface area (Å²) in [6.07, 6.45) is 0.925. The summed E-state index contributed by atoms with van der Waals surface area (Å²) in [5.41, 5.74) is 0. The van der Waals surface area contributed by atoms with Crippen molar-refractivity contribution < 1.29 is 19.4 Å². The van der Waals surface area contributed by atoms with Gasteiger partial charge in [0.1, 0.15) is 6.04 Å². The van der Waals surface area contributed by atoms with Gasteiger partial charge in [-0.1, -0.05) is 13.8 Å². The quantitative estimate of drug-likeness (QED) is 0.681. The van der Waals surface area contributed by atoms with Crippen molar-refractivity contribution in [2.24, 2.45) is 11.8 Å². The zero-order valence-electron chi connectivity index (χ0n) is 11.1. The van der Waals surface area contributed by atoms with Crippen LogP contribution in [0.4, 0.5) is 4.79 Å². The summed E-state index contributed by atoms with van der Waals surface area (Å²) in [6, 6.07) is -1.32. The molecule has 1 heterocycles. The Balaban J connectivity index is 2.42. The molecule has 0 saturated carbocycles. The van der Waals surface area contributed by atoms with Crippen LogP contribution in [-0.4, -0.2) is 42.4 Å². The van der Waals surface area contributed by atoms with E-state index in [9.17, 15) is 9.59 Å². The molecule has 0 spiro atoms. The number of rotatable bonds is 5. The molecular formula is C12H22N2O4. The van der Waals surface area contributed by atoms with Crippen molar-refractivity contribution in [1.82, 2.24) is 10.6 Å². The van der Waals surface area contributed by atoms with Crippen molar-refractivity contribution in [3.8, 4) is 0 Å². The number of carbonyl (C=O) groups excluding carboxylic acids is 1. The zero-order chi connectivity index (χ0) is 13.7. The second-order valence-electron chi connectivity index (χ2n) is 5.09. The Morgan fingerprint density at radius 1 is 1.28 bits per heavy atom. The highest BCUT2D eigenvalue weighted by molar-refractivity contribution is 5.82. The van der Waals surface area contributed by atoms with Gasteiger partial charge in [-0.05, 0) is 19.3 Å². The Morgan fingerprint density at radius 2 is 1.94 bits per heavy atom. The lowest BCUT2D eigenvalue weighted by Gasteiger charge is -2.23. The lowest BCUT2D eigenvalue weighted by molar-refractivity contribution is -0.140. The molecule has 6 nitrogen and oxygen atoms in total. The standard InChI is InChI=1S/C12H22N2O4/c1-7(2)10(11(15)16)14-12(17)13-8(3)9-4-5-18-6-9/h7-10H,4-6H2,1-3H3,(H,15,16)(H2,13,14,17). The first kappa shape index (κ1) is 14.8. The van der Waals surface area contributed by atoms with E-state index in [2.05, 4.69) is 10.6 Å². The lowest BCUT2D eigenvalue weighted by atomic mass is 10.0. The summed E-state index contributed by atoms with van der Waals surface area (Å²) < 4.78 is 5.25. The summed E-state index contributed by atoms with van der Waals surface area (Å²) in [4.78, 5) is 22.7. The molecular weight excluding hydrogens is 236 g/mol. The highest BCUT2D eigenvalue weighted by Crippen LogP contribution is 2.16. The summed E-state index contributed by atoms with van der Waals surface area (Å²) >= 11 is 0. The maximum atomic E-state index is 11.7. The van der Waals surface area contributed by atoms with Crippen molar-refractivity contribution in [2.45, 2.75) is 39.3 Å². The molecule has 0 bridgehead atoms. The van der Waals surface area contributed by atoms with Crippen molar-refractivity contribution >= 4 is 12.0 Å². The first-order chi connectivity index (χ1) is 8.41. The molecule has 0 radical (unpaired) electrons. The molecule has 1 aliphatic heterocycles. The number of aliphatic carboxylic acids is 1. The van der Waals surface area contributed by atoms with Crippen LogP contribution in [0.25, 0.3) is 0 Å². The molecule has 1 aliphatic rings. The number of amides is 2. The van der Waals surface area contributed by atoms with Crippen molar-refractivity contribution in [3.05, 3.63) is 0 Å². The van der Waals surface area contributed by atoms with Crippen LogP contribution in [0.15, 0.2) is 0 Å². The van der Waals surface area contributed by atoms with Crippen LogP contribution in [0.3, 0.4) is 0 Å². The molecule has 3 N–H and O–H groups in total. The third kappa shape index (κ3) is 4.18. The average Bonchev–Trinajstić information content (AvgIpc) is 2.78. The van der Waals surface area contributed by atoms with E-state index in [4.69, 9.17) is 9.84 Å². The molecule has 0 aromatic heterocycles. The second kappa shape index (κ2) is 6.58. The maximum Gasteiger partial charge on any atom is 0.326 e. The largest absolute Gasteiger partial charge is 0.480 e. The van der Waals surface area contributed by atoms with E-state index in [-0.39, 0.29) is 12.0 Å². The van der Waals surface area contributed by atoms with E-state index in [0.717, 1.165) is 13.0 Å². The highest BCUT2D eigenvalue weighted by Gasteiger charge is 2.27. The van der Waals surface area contributed by atoms with Gasteiger partial charge in [-0.2, -0.15) is 0 Å². The van der Waals surface area contributed by atoms with E-state index in [1.807, 2.05) is 6.92 Å². The van der Waals surface area contributed by atoms with Gasteiger partial charge in [0.05, 0.1) is 6.61 Å². The van der Waals surface area contributed by atoms with Crippen LogP contribution < -0.4 is 10.6 Å². The molecule has 104 valence electrons. The molecule has 0 aromatic rings. The summed E-state index contributed by atoms with van der Waals surface area (Å²) in [7, 11) is 0. The number of hydrogen-bond donors (Lipinski definition) is 3. The predicted octanol–water partition coefficient (Wildman–Crippen LogP) is 0.820. The number of hydrogen-bond acceptors (Lipinski definition) is 3. The molecule has 3 unspecified atom stereocenters. The Morgan fingerprint density at radius 3 is 2.39 bits per heavy atom. The van der Waals surface area contributed by atoms with E-state index < -0.39 is 18.0 Å². The minimum Gasteiger partial charge on any atom is -0.480 e. The van der Waals surface area contributed by atoms with E-state index in [1.54, 1.807) is 13.8 Å². The molecule has 2 amide bonds. The first-order valence-corrected chi connectivity index (χ1v) is 6.29. The fourth-order valence-electron chi connectivity index (χ4n) is 1.97. The Bertz CT molecular complexity index is 300. The summed E-state index contributed by atoms with van der Waals surface area (Å²) in [5, 5.41) is 14.2. The first-order valence-electron chi connectivity index (χ1n) is 6.29. The molecule has 0 aromatic carbocycles. The number of urea groups is 1. The molecule has 1 rings (SSSR count). The summed E-state index contributed by atoms with van der Waals surface area (Å²) in [6.45, 7) is 6.79. The van der Waals surface area contributed by atoms with E-state index >= 15 is 0 Å². The van der Waals surface area contributed by atoms with Gasteiger partial charge in [0.15, 0.2) is 0 Å². The SMILES string of the molecule is CC(C)C(NC(=O)NC(C)C1CCOC1)C(=O)O. The third-order valence-corrected chi connectivity index (χ3v) is 3.25. The van der Waals surface area contributed by atoms with Crippen LogP contribution in [0.5, 0.6) is 0 Å². The Labute approximate surface area is 107 Å². The molecule has 3 atom stereocenters. The Hall–Kier alpha value is -1.30. The average molecular weight is 258 g/mol. The van der Waals surface area contributed by atoms with Gasteiger partial charge in [-0.15, -0.1) is 0 Å². The number of ether oxygens (including phenoxy) is 1. The second-order valence-corrected chi connectivity index (χ2v) is 5.09. The lowest BCUT2D eigenvalue weighted by Crippen LogP contribution is -2.51.